The Morgan fingerprint density at radius 2 is 2.08 bits per heavy atom. The molecule has 1 atom stereocenters. The number of benzene rings is 1. The first kappa shape index (κ1) is 19.7. The number of hydrogen-bond donors (Lipinski definition) is 0. The molecule has 0 fully saturated rings. The molecule has 1 aromatic heterocycles. The molecule has 0 aliphatic carbocycles. The quantitative estimate of drug-likeness (QED) is 0.745. The van der Waals surface area contributed by atoms with E-state index < -0.39 is 5.60 Å². The summed E-state index contributed by atoms with van der Waals surface area (Å²) in [7, 11) is 3.37. The predicted octanol–water partition coefficient (Wildman–Crippen LogP) is 3.99. The number of halogens is 1. The smallest absolute Gasteiger partial charge is 0.410 e. The molecule has 0 bridgehead atoms. The van der Waals surface area contributed by atoms with Crippen LogP contribution in [-0.4, -0.2) is 53.0 Å². The van der Waals surface area contributed by atoms with Gasteiger partial charge in [-0.1, -0.05) is 6.07 Å². The Morgan fingerprint density at radius 3 is 2.68 bits per heavy atom. The van der Waals surface area contributed by atoms with Gasteiger partial charge < -0.3 is 18.9 Å². The lowest BCUT2D eigenvalue weighted by molar-refractivity contribution is 0.0116. The molecule has 6 nitrogen and oxygen atoms in total. The van der Waals surface area contributed by atoms with E-state index in [1.165, 1.54) is 0 Å². The van der Waals surface area contributed by atoms with Gasteiger partial charge in [0, 0.05) is 18.6 Å². The number of rotatable bonds is 5. The van der Waals surface area contributed by atoms with Crippen molar-refractivity contribution in [3.63, 3.8) is 0 Å². The van der Waals surface area contributed by atoms with Crippen LogP contribution in [-0.2, 0) is 16.0 Å². The first-order chi connectivity index (χ1) is 11.6. The van der Waals surface area contributed by atoms with Crippen LogP contribution in [0.2, 0.25) is 0 Å². The minimum Gasteiger partial charge on any atom is -0.444 e. The van der Waals surface area contributed by atoms with Crippen LogP contribution < -0.4 is 0 Å². The highest BCUT2D eigenvalue weighted by atomic mass is 79.9. The summed E-state index contributed by atoms with van der Waals surface area (Å²) >= 11 is 3.59. The summed E-state index contributed by atoms with van der Waals surface area (Å²) in [5, 5.41) is 0. The van der Waals surface area contributed by atoms with E-state index in [4.69, 9.17) is 9.47 Å². The van der Waals surface area contributed by atoms with E-state index in [9.17, 15) is 4.79 Å². The van der Waals surface area contributed by atoms with Crippen molar-refractivity contribution in [1.82, 2.24) is 14.5 Å². The van der Waals surface area contributed by atoms with Crippen LogP contribution in [0.15, 0.2) is 22.7 Å². The number of likely N-dealkylation sites (N-methyl/N-ethyl adjacent to an activating group) is 1. The van der Waals surface area contributed by atoms with E-state index in [-0.39, 0.29) is 12.2 Å². The fraction of sp³-hybridized carbons (Fsp3) is 0.556. The zero-order chi connectivity index (χ0) is 18.8. The van der Waals surface area contributed by atoms with Gasteiger partial charge in [0.15, 0.2) is 0 Å². The molecule has 0 radical (unpaired) electrons. The second-order valence-electron chi connectivity index (χ2n) is 7.10. The van der Waals surface area contributed by atoms with E-state index in [0.29, 0.717) is 13.1 Å². The Bertz CT molecular complexity index is 752. The molecule has 0 saturated carbocycles. The van der Waals surface area contributed by atoms with Crippen molar-refractivity contribution in [2.24, 2.45) is 0 Å². The zero-order valence-corrected chi connectivity index (χ0v) is 17.3. The van der Waals surface area contributed by atoms with Gasteiger partial charge in [-0.05, 0) is 55.8 Å². The molecule has 25 heavy (non-hydrogen) atoms. The molecule has 0 aliphatic heterocycles. The standard InChI is InChI=1S/C18H26BrN3O3/c1-12-20-15-9-7-8-14(19)16(15)22(12)11-13(24-6)10-21(5)17(23)25-18(2,3)4/h7-9,13H,10-11H2,1-6H3. The van der Waals surface area contributed by atoms with Gasteiger partial charge in [-0.15, -0.1) is 0 Å². The average Bonchev–Trinajstić information content (AvgIpc) is 2.81. The van der Waals surface area contributed by atoms with Gasteiger partial charge in [-0.3, -0.25) is 0 Å². The number of para-hydroxylation sites is 1. The van der Waals surface area contributed by atoms with Crippen LogP contribution in [0.1, 0.15) is 26.6 Å². The number of aryl methyl sites for hydroxylation is 1. The number of amides is 1. The first-order valence-corrected chi connectivity index (χ1v) is 9.00. The molecule has 2 aromatic rings. The maximum atomic E-state index is 12.2. The third kappa shape index (κ3) is 4.95. The van der Waals surface area contributed by atoms with Crippen molar-refractivity contribution >= 4 is 33.1 Å². The second kappa shape index (κ2) is 7.74. The molecule has 138 valence electrons. The van der Waals surface area contributed by atoms with Crippen LogP contribution in [0, 0.1) is 6.92 Å². The summed E-state index contributed by atoms with van der Waals surface area (Å²) in [6.07, 6.45) is -0.538. The Balaban J connectivity index is 2.15. The lowest BCUT2D eigenvalue weighted by Gasteiger charge is -2.27. The van der Waals surface area contributed by atoms with Gasteiger partial charge in [0.1, 0.15) is 11.4 Å². The Hall–Kier alpha value is -1.60. The van der Waals surface area contributed by atoms with Crippen molar-refractivity contribution < 1.29 is 14.3 Å². The molecule has 0 aliphatic rings. The van der Waals surface area contributed by atoms with Crippen molar-refractivity contribution in [3.8, 4) is 0 Å². The van der Waals surface area contributed by atoms with Gasteiger partial charge in [0.25, 0.3) is 0 Å². The minimum atomic E-state index is -0.518. The van der Waals surface area contributed by atoms with Crippen LogP contribution >= 0.6 is 15.9 Å². The minimum absolute atomic E-state index is 0.180. The highest BCUT2D eigenvalue weighted by molar-refractivity contribution is 9.10. The van der Waals surface area contributed by atoms with E-state index >= 15 is 0 Å². The number of aromatic nitrogens is 2. The Morgan fingerprint density at radius 1 is 1.40 bits per heavy atom. The largest absolute Gasteiger partial charge is 0.444 e. The third-order valence-corrected chi connectivity index (χ3v) is 4.45. The lowest BCUT2D eigenvalue weighted by Crippen LogP contribution is -2.40. The summed E-state index contributed by atoms with van der Waals surface area (Å²) in [6, 6.07) is 5.94. The lowest BCUT2D eigenvalue weighted by atomic mass is 10.2. The van der Waals surface area contributed by atoms with Gasteiger partial charge in [-0.25, -0.2) is 9.78 Å². The van der Waals surface area contributed by atoms with Crippen molar-refractivity contribution in [2.45, 2.75) is 45.9 Å². The van der Waals surface area contributed by atoms with Gasteiger partial charge in [0.2, 0.25) is 0 Å². The molecule has 0 N–H and O–H groups in total. The van der Waals surface area contributed by atoms with Gasteiger partial charge >= 0.3 is 6.09 Å². The number of nitrogens with zero attached hydrogens (tertiary/aromatic N) is 3. The summed E-state index contributed by atoms with van der Waals surface area (Å²) in [6.45, 7) is 8.54. The maximum Gasteiger partial charge on any atom is 0.410 e. The average molecular weight is 412 g/mol. The molecule has 1 unspecified atom stereocenters. The topological polar surface area (TPSA) is 56.6 Å². The highest BCUT2D eigenvalue weighted by Gasteiger charge is 2.23. The zero-order valence-electron chi connectivity index (χ0n) is 15.7. The van der Waals surface area contributed by atoms with E-state index in [0.717, 1.165) is 21.3 Å². The summed E-state index contributed by atoms with van der Waals surface area (Å²) in [5.41, 5.74) is 1.44. The molecule has 0 spiro atoms. The number of methoxy groups -OCH3 is 1. The number of hydrogen-bond acceptors (Lipinski definition) is 4. The molecule has 7 heteroatoms. The fourth-order valence-corrected chi connectivity index (χ4v) is 3.18. The Labute approximate surface area is 157 Å². The molecular formula is C18H26BrN3O3. The molecule has 2 rings (SSSR count). The summed E-state index contributed by atoms with van der Waals surface area (Å²) < 4.78 is 14.1. The molecule has 1 aromatic carbocycles. The first-order valence-electron chi connectivity index (χ1n) is 8.20. The van der Waals surface area contributed by atoms with Crippen molar-refractivity contribution in [2.75, 3.05) is 20.7 Å². The van der Waals surface area contributed by atoms with E-state index in [1.54, 1.807) is 19.1 Å². The van der Waals surface area contributed by atoms with Gasteiger partial charge in [0.05, 0.1) is 30.2 Å². The van der Waals surface area contributed by atoms with Crippen LogP contribution in [0.3, 0.4) is 0 Å². The normalized spacial score (nSPS) is 13.1. The molecular weight excluding hydrogens is 386 g/mol. The monoisotopic (exact) mass is 411 g/mol. The number of ether oxygens (including phenoxy) is 2. The van der Waals surface area contributed by atoms with Crippen molar-refractivity contribution in [1.29, 1.82) is 0 Å². The summed E-state index contributed by atoms with van der Waals surface area (Å²) in [4.78, 5) is 18.3. The molecule has 0 saturated heterocycles. The van der Waals surface area contributed by atoms with Crippen LogP contribution in [0.25, 0.3) is 11.0 Å². The van der Waals surface area contributed by atoms with Crippen LogP contribution in [0.5, 0.6) is 0 Å². The van der Waals surface area contributed by atoms with Crippen molar-refractivity contribution in [3.05, 3.63) is 28.5 Å². The van der Waals surface area contributed by atoms with Crippen LogP contribution in [0.4, 0.5) is 4.79 Å². The number of carbonyl (C=O) groups excluding carboxylic acids is 1. The van der Waals surface area contributed by atoms with E-state index in [1.807, 2.05) is 45.9 Å². The molecule has 1 heterocycles. The van der Waals surface area contributed by atoms with Gasteiger partial charge in [-0.2, -0.15) is 0 Å². The Kier molecular flexibility index (Phi) is 6.11. The second-order valence-corrected chi connectivity index (χ2v) is 7.95. The molecule has 1 amide bonds. The van der Waals surface area contributed by atoms with E-state index in [2.05, 4.69) is 25.5 Å². The third-order valence-electron chi connectivity index (χ3n) is 3.81. The number of imidazole rings is 1. The predicted molar refractivity (Wildman–Crippen MR) is 102 cm³/mol. The SMILES string of the molecule is COC(CN(C)C(=O)OC(C)(C)C)Cn1c(C)nc2cccc(Br)c21. The fourth-order valence-electron chi connectivity index (χ4n) is 2.61. The maximum absolute atomic E-state index is 12.2. The highest BCUT2D eigenvalue weighted by Crippen LogP contribution is 2.25. The number of carbonyl (C=O) groups is 1. The number of fused-ring (bicyclic) bond motifs is 1. The summed E-state index contributed by atoms with van der Waals surface area (Å²) in [5.74, 6) is 0.906.